The van der Waals surface area contributed by atoms with Gasteiger partial charge in [0.05, 0.1) is 23.2 Å². The summed E-state index contributed by atoms with van der Waals surface area (Å²) in [7, 11) is 0. The molecule has 0 radical (unpaired) electrons. The summed E-state index contributed by atoms with van der Waals surface area (Å²) >= 11 is 1.38. The van der Waals surface area contributed by atoms with Gasteiger partial charge in [-0.1, -0.05) is 30.3 Å². The van der Waals surface area contributed by atoms with Crippen molar-refractivity contribution in [3.05, 3.63) is 94.9 Å². The van der Waals surface area contributed by atoms with Crippen LogP contribution in [0.25, 0.3) is 5.69 Å². The Hall–Kier alpha value is -3.71. The summed E-state index contributed by atoms with van der Waals surface area (Å²) in [6.07, 6.45) is 3.73. The van der Waals surface area contributed by atoms with Gasteiger partial charge in [0.25, 0.3) is 5.91 Å². The van der Waals surface area contributed by atoms with Crippen LogP contribution in [0.3, 0.4) is 0 Å². The summed E-state index contributed by atoms with van der Waals surface area (Å²) in [5.74, 6) is -0.323. The summed E-state index contributed by atoms with van der Waals surface area (Å²) in [5.41, 5.74) is 2.99. The van der Waals surface area contributed by atoms with E-state index in [2.05, 4.69) is 15.7 Å². The molecule has 2 N–H and O–H groups in total. The molecule has 2 amide bonds. The number of nitrogens with zero attached hydrogens (tertiary/aromatic N) is 2. The first-order chi connectivity index (χ1) is 14.2. The van der Waals surface area contributed by atoms with Crippen molar-refractivity contribution in [1.82, 2.24) is 9.78 Å². The Morgan fingerprint density at radius 2 is 1.72 bits per heavy atom. The molecule has 7 heteroatoms. The highest BCUT2D eigenvalue weighted by molar-refractivity contribution is 7.12. The fraction of sp³-hybridized carbons (Fsp3) is 0.0455. The Balaban J connectivity index is 1.37. The molecular weight excluding hydrogens is 384 g/mol. The number of rotatable bonds is 6. The van der Waals surface area contributed by atoms with Crippen molar-refractivity contribution < 1.29 is 9.59 Å². The molecular formula is C22H18N4O2S. The third kappa shape index (κ3) is 4.77. The van der Waals surface area contributed by atoms with E-state index in [0.717, 1.165) is 11.3 Å². The zero-order chi connectivity index (χ0) is 20.1. The van der Waals surface area contributed by atoms with Gasteiger partial charge in [-0.15, -0.1) is 11.3 Å². The number of hydrogen-bond acceptors (Lipinski definition) is 4. The summed E-state index contributed by atoms with van der Waals surface area (Å²) < 4.78 is 1.74. The van der Waals surface area contributed by atoms with Crippen molar-refractivity contribution in [2.75, 3.05) is 10.6 Å². The predicted molar refractivity (Wildman–Crippen MR) is 115 cm³/mol. The maximum absolute atomic E-state index is 12.4. The van der Waals surface area contributed by atoms with Crippen molar-refractivity contribution in [2.24, 2.45) is 0 Å². The fourth-order valence-corrected chi connectivity index (χ4v) is 3.46. The molecule has 6 nitrogen and oxygen atoms in total. The number of para-hydroxylation sites is 1. The van der Waals surface area contributed by atoms with Crippen LogP contribution in [-0.2, 0) is 11.2 Å². The molecule has 0 saturated heterocycles. The van der Waals surface area contributed by atoms with Gasteiger partial charge in [0.1, 0.15) is 0 Å². The molecule has 0 fully saturated rings. The lowest BCUT2D eigenvalue weighted by molar-refractivity contribution is -0.115. The number of carbonyl (C=O) groups excluding carboxylic acids is 2. The van der Waals surface area contributed by atoms with Gasteiger partial charge in [-0.05, 0) is 47.3 Å². The SMILES string of the molecule is O=C(Cc1cnn(-c2ccccc2)c1)Nc1cccc(NC(=O)c2cccs2)c1. The Morgan fingerprint density at radius 3 is 2.48 bits per heavy atom. The van der Waals surface area contributed by atoms with Crippen molar-refractivity contribution >= 4 is 34.5 Å². The van der Waals surface area contributed by atoms with Crippen molar-refractivity contribution in [2.45, 2.75) is 6.42 Å². The van der Waals surface area contributed by atoms with E-state index in [4.69, 9.17) is 0 Å². The third-order valence-electron chi connectivity index (χ3n) is 4.17. The highest BCUT2D eigenvalue weighted by Crippen LogP contribution is 2.18. The zero-order valence-electron chi connectivity index (χ0n) is 15.4. The van der Waals surface area contributed by atoms with Crippen LogP contribution in [0.5, 0.6) is 0 Å². The number of nitrogens with one attached hydrogen (secondary N) is 2. The van der Waals surface area contributed by atoms with Crippen LogP contribution in [0.1, 0.15) is 15.2 Å². The van der Waals surface area contributed by atoms with E-state index >= 15 is 0 Å². The van der Waals surface area contributed by atoms with Gasteiger partial charge < -0.3 is 10.6 Å². The van der Waals surface area contributed by atoms with Gasteiger partial charge in [0.2, 0.25) is 5.91 Å². The number of thiophene rings is 1. The van der Waals surface area contributed by atoms with Crippen molar-refractivity contribution in [3.63, 3.8) is 0 Å². The van der Waals surface area contributed by atoms with E-state index in [9.17, 15) is 9.59 Å². The molecule has 0 bridgehead atoms. The molecule has 29 heavy (non-hydrogen) atoms. The van der Waals surface area contributed by atoms with Crippen LogP contribution in [0.2, 0.25) is 0 Å². The summed E-state index contributed by atoms with van der Waals surface area (Å²) in [4.78, 5) is 25.2. The van der Waals surface area contributed by atoms with E-state index in [1.807, 2.05) is 48.0 Å². The highest BCUT2D eigenvalue weighted by atomic mass is 32.1. The van der Waals surface area contributed by atoms with E-state index in [1.54, 1.807) is 41.2 Å². The number of anilines is 2. The molecule has 0 atom stereocenters. The quantitative estimate of drug-likeness (QED) is 0.503. The molecule has 2 aromatic heterocycles. The fourth-order valence-electron chi connectivity index (χ4n) is 2.84. The molecule has 2 aromatic carbocycles. The second-order valence-electron chi connectivity index (χ2n) is 6.37. The largest absolute Gasteiger partial charge is 0.326 e. The van der Waals surface area contributed by atoms with Crippen LogP contribution in [0.15, 0.2) is 84.5 Å². The summed E-state index contributed by atoms with van der Waals surface area (Å²) in [5, 5.41) is 11.9. The molecule has 0 aliphatic heterocycles. The number of amides is 2. The van der Waals surface area contributed by atoms with Crippen LogP contribution < -0.4 is 10.6 Å². The third-order valence-corrected chi connectivity index (χ3v) is 5.04. The lowest BCUT2D eigenvalue weighted by Crippen LogP contribution is -2.15. The number of aromatic nitrogens is 2. The first-order valence-corrected chi connectivity index (χ1v) is 9.89. The molecule has 0 spiro atoms. The Kier molecular flexibility index (Phi) is 5.49. The monoisotopic (exact) mass is 402 g/mol. The smallest absolute Gasteiger partial charge is 0.265 e. The average Bonchev–Trinajstić information content (AvgIpc) is 3.41. The van der Waals surface area contributed by atoms with Crippen LogP contribution >= 0.6 is 11.3 Å². The van der Waals surface area contributed by atoms with Crippen LogP contribution in [0, 0.1) is 0 Å². The molecule has 0 unspecified atom stereocenters. The second kappa shape index (κ2) is 8.53. The van der Waals surface area contributed by atoms with Gasteiger partial charge in [-0.3, -0.25) is 9.59 Å². The Bertz CT molecular complexity index is 1120. The Labute approximate surface area is 171 Å². The van der Waals surface area contributed by atoms with Gasteiger partial charge in [-0.25, -0.2) is 4.68 Å². The molecule has 0 saturated carbocycles. The maximum Gasteiger partial charge on any atom is 0.265 e. The van der Waals surface area contributed by atoms with Crippen molar-refractivity contribution in [3.8, 4) is 5.69 Å². The van der Waals surface area contributed by atoms with E-state index in [1.165, 1.54) is 11.3 Å². The lowest BCUT2D eigenvalue weighted by atomic mass is 10.2. The van der Waals surface area contributed by atoms with E-state index < -0.39 is 0 Å². The van der Waals surface area contributed by atoms with E-state index in [0.29, 0.717) is 16.3 Å². The molecule has 0 aliphatic rings. The molecule has 4 rings (SSSR count). The van der Waals surface area contributed by atoms with Gasteiger partial charge in [0.15, 0.2) is 0 Å². The minimum Gasteiger partial charge on any atom is -0.326 e. The van der Waals surface area contributed by atoms with Gasteiger partial charge in [-0.2, -0.15) is 5.10 Å². The maximum atomic E-state index is 12.4. The molecule has 4 aromatic rings. The zero-order valence-corrected chi connectivity index (χ0v) is 16.2. The average molecular weight is 402 g/mol. The molecule has 0 aliphatic carbocycles. The van der Waals surface area contributed by atoms with Crippen LogP contribution in [-0.4, -0.2) is 21.6 Å². The summed E-state index contributed by atoms with van der Waals surface area (Å²) in [6, 6.07) is 20.4. The molecule has 2 heterocycles. The second-order valence-corrected chi connectivity index (χ2v) is 7.31. The lowest BCUT2D eigenvalue weighted by Gasteiger charge is -2.08. The minimum atomic E-state index is -0.170. The van der Waals surface area contributed by atoms with Gasteiger partial charge in [0, 0.05) is 17.6 Å². The van der Waals surface area contributed by atoms with Gasteiger partial charge >= 0.3 is 0 Å². The predicted octanol–water partition coefficient (Wildman–Crippen LogP) is 4.37. The highest BCUT2D eigenvalue weighted by Gasteiger charge is 2.10. The van der Waals surface area contributed by atoms with Crippen molar-refractivity contribution in [1.29, 1.82) is 0 Å². The number of benzene rings is 2. The first kappa shape index (κ1) is 18.6. The standard InChI is InChI=1S/C22H18N4O2S/c27-21(12-16-14-23-26(15-16)19-8-2-1-3-9-19)24-17-6-4-7-18(13-17)25-22(28)20-10-5-11-29-20/h1-11,13-15H,12H2,(H,24,27)(H,25,28). The number of carbonyl (C=O) groups is 2. The number of hydrogen-bond donors (Lipinski definition) is 2. The van der Waals surface area contributed by atoms with E-state index in [-0.39, 0.29) is 18.2 Å². The minimum absolute atomic E-state index is 0.153. The molecule has 144 valence electrons. The summed E-state index contributed by atoms with van der Waals surface area (Å²) in [6.45, 7) is 0. The van der Waals surface area contributed by atoms with Crippen LogP contribution in [0.4, 0.5) is 11.4 Å². The Morgan fingerprint density at radius 1 is 0.931 bits per heavy atom. The topological polar surface area (TPSA) is 76.0 Å². The normalized spacial score (nSPS) is 10.5. The first-order valence-electron chi connectivity index (χ1n) is 9.01.